The molecule has 1 fully saturated rings. The molecule has 3 heteroatoms. The van der Waals surface area contributed by atoms with Gasteiger partial charge in [-0.3, -0.25) is 0 Å². The van der Waals surface area contributed by atoms with Crippen LogP contribution in [-0.4, -0.2) is 11.2 Å². The number of hydrogen-bond donors (Lipinski definition) is 2. The molecule has 1 aromatic rings. The number of hydrogen-bond acceptors (Lipinski definition) is 1. The van der Waals surface area contributed by atoms with E-state index in [0.717, 1.165) is 23.1 Å². The van der Waals surface area contributed by atoms with E-state index < -0.39 is 0 Å². The van der Waals surface area contributed by atoms with E-state index in [-0.39, 0.29) is 0 Å². The van der Waals surface area contributed by atoms with Crippen LogP contribution in [0.2, 0.25) is 0 Å². The Morgan fingerprint density at radius 2 is 1.90 bits per heavy atom. The highest BCUT2D eigenvalue weighted by Crippen LogP contribution is 2.23. The zero-order valence-corrected chi connectivity index (χ0v) is 13.4. The standard InChI is InChI=1S/C17H26N2S/c1-3-6-14-9-11-15(12-10-14)18-17(20)19-16-8-5-4-7-13(16)2/h9-13,16H,3-8H2,1-2H3,(H2,18,19,20)/t13-,16-/m1/s1. The van der Waals surface area contributed by atoms with Crippen molar-refractivity contribution < 1.29 is 0 Å². The van der Waals surface area contributed by atoms with Crippen LogP contribution in [0, 0.1) is 5.92 Å². The minimum absolute atomic E-state index is 0.531. The fourth-order valence-corrected chi connectivity index (χ4v) is 3.18. The van der Waals surface area contributed by atoms with Gasteiger partial charge in [0.05, 0.1) is 0 Å². The van der Waals surface area contributed by atoms with E-state index in [1.165, 1.54) is 37.7 Å². The van der Waals surface area contributed by atoms with Gasteiger partial charge in [-0.05, 0) is 55.1 Å². The van der Waals surface area contributed by atoms with Gasteiger partial charge in [-0.25, -0.2) is 0 Å². The van der Waals surface area contributed by atoms with Crippen LogP contribution in [0.5, 0.6) is 0 Å². The van der Waals surface area contributed by atoms with Crippen LogP contribution in [0.4, 0.5) is 5.69 Å². The molecule has 110 valence electrons. The molecule has 0 saturated heterocycles. The summed E-state index contributed by atoms with van der Waals surface area (Å²) in [7, 11) is 0. The molecule has 1 aliphatic carbocycles. The van der Waals surface area contributed by atoms with Crippen LogP contribution < -0.4 is 10.6 Å². The molecular formula is C17H26N2S. The van der Waals surface area contributed by atoms with E-state index in [9.17, 15) is 0 Å². The molecule has 0 unspecified atom stereocenters. The summed E-state index contributed by atoms with van der Waals surface area (Å²) in [5.74, 6) is 0.718. The Bertz CT molecular complexity index is 427. The second-order valence-corrected chi connectivity index (χ2v) is 6.32. The topological polar surface area (TPSA) is 24.1 Å². The van der Waals surface area contributed by atoms with E-state index in [0.29, 0.717) is 6.04 Å². The first-order valence-electron chi connectivity index (χ1n) is 7.85. The largest absolute Gasteiger partial charge is 0.359 e. The van der Waals surface area contributed by atoms with Gasteiger partial charge >= 0.3 is 0 Å². The van der Waals surface area contributed by atoms with Crippen molar-refractivity contribution in [2.45, 2.75) is 58.4 Å². The Balaban J connectivity index is 1.84. The quantitative estimate of drug-likeness (QED) is 0.798. The zero-order valence-electron chi connectivity index (χ0n) is 12.6. The van der Waals surface area contributed by atoms with Crippen LogP contribution in [0.3, 0.4) is 0 Å². The minimum atomic E-state index is 0.531. The third-order valence-corrected chi connectivity index (χ3v) is 4.40. The first-order valence-corrected chi connectivity index (χ1v) is 8.26. The highest BCUT2D eigenvalue weighted by Gasteiger charge is 2.21. The molecule has 2 rings (SSSR count). The van der Waals surface area contributed by atoms with Gasteiger partial charge in [0.1, 0.15) is 0 Å². The highest BCUT2D eigenvalue weighted by atomic mass is 32.1. The van der Waals surface area contributed by atoms with Crippen LogP contribution >= 0.6 is 12.2 Å². The summed E-state index contributed by atoms with van der Waals surface area (Å²) < 4.78 is 0. The summed E-state index contributed by atoms with van der Waals surface area (Å²) in [5, 5.41) is 7.53. The summed E-state index contributed by atoms with van der Waals surface area (Å²) in [6.07, 6.45) is 7.55. The molecule has 1 aromatic carbocycles. The number of anilines is 1. The average Bonchev–Trinajstić information content (AvgIpc) is 2.44. The molecule has 0 bridgehead atoms. The Kier molecular flexibility index (Phi) is 5.84. The van der Waals surface area contributed by atoms with Gasteiger partial charge in [-0.1, -0.05) is 45.2 Å². The van der Waals surface area contributed by atoms with Crippen molar-refractivity contribution in [2.75, 3.05) is 5.32 Å². The van der Waals surface area contributed by atoms with Crippen molar-refractivity contribution in [2.24, 2.45) is 5.92 Å². The van der Waals surface area contributed by atoms with Gasteiger partial charge in [0, 0.05) is 11.7 Å². The lowest BCUT2D eigenvalue weighted by atomic mass is 9.86. The highest BCUT2D eigenvalue weighted by molar-refractivity contribution is 7.80. The number of aryl methyl sites for hydroxylation is 1. The third-order valence-electron chi connectivity index (χ3n) is 4.18. The first-order chi connectivity index (χ1) is 9.69. The van der Waals surface area contributed by atoms with Crippen LogP contribution in [-0.2, 0) is 6.42 Å². The van der Waals surface area contributed by atoms with E-state index in [4.69, 9.17) is 12.2 Å². The monoisotopic (exact) mass is 290 g/mol. The summed E-state index contributed by atoms with van der Waals surface area (Å²) in [6, 6.07) is 9.12. The molecule has 2 atom stereocenters. The molecule has 2 nitrogen and oxygen atoms in total. The summed E-state index contributed by atoms with van der Waals surface area (Å²) in [4.78, 5) is 0. The molecule has 2 N–H and O–H groups in total. The summed E-state index contributed by atoms with van der Waals surface area (Å²) in [5.41, 5.74) is 2.46. The van der Waals surface area contributed by atoms with E-state index >= 15 is 0 Å². The molecule has 0 radical (unpaired) electrons. The molecule has 1 saturated carbocycles. The van der Waals surface area contributed by atoms with Gasteiger partial charge in [0.25, 0.3) is 0 Å². The zero-order chi connectivity index (χ0) is 14.4. The fraction of sp³-hybridized carbons (Fsp3) is 0.588. The average molecular weight is 290 g/mol. The van der Waals surface area contributed by atoms with Crippen LogP contribution in [0.15, 0.2) is 24.3 Å². The van der Waals surface area contributed by atoms with Crippen molar-refractivity contribution in [3.05, 3.63) is 29.8 Å². The van der Waals surface area contributed by atoms with Crippen molar-refractivity contribution in [3.8, 4) is 0 Å². The Morgan fingerprint density at radius 1 is 1.20 bits per heavy atom. The van der Waals surface area contributed by atoms with Gasteiger partial charge in [-0.2, -0.15) is 0 Å². The smallest absolute Gasteiger partial charge is 0.171 e. The molecule has 0 aliphatic heterocycles. The van der Waals surface area contributed by atoms with Crippen LogP contribution in [0.25, 0.3) is 0 Å². The second-order valence-electron chi connectivity index (χ2n) is 5.91. The number of benzene rings is 1. The molecule has 20 heavy (non-hydrogen) atoms. The maximum atomic E-state index is 5.43. The SMILES string of the molecule is CCCc1ccc(NC(=S)N[C@@H]2CCCC[C@H]2C)cc1. The van der Waals surface area contributed by atoms with Crippen molar-refractivity contribution >= 4 is 23.0 Å². The van der Waals surface area contributed by atoms with Crippen molar-refractivity contribution in [3.63, 3.8) is 0 Å². The van der Waals surface area contributed by atoms with Crippen molar-refractivity contribution in [1.29, 1.82) is 0 Å². The minimum Gasteiger partial charge on any atom is -0.359 e. The van der Waals surface area contributed by atoms with E-state index in [2.05, 4.69) is 48.7 Å². The Morgan fingerprint density at radius 3 is 2.55 bits per heavy atom. The lowest BCUT2D eigenvalue weighted by molar-refractivity contribution is 0.309. The summed E-state index contributed by atoms with van der Waals surface area (Å²) >= 11 is 5.43. The van der Waals surface area contributed by atoms with Gasteiger partial charge < -0.3 is 10.6 Å². The van der Waals surface area contributed by atoms with Gasteiger partial charge in [0.2, 0.25) is 0 Å². The van der Waals surface area contributed by atoms with Gasteiger partial charge in [0.15, 0.2) is 5.11 Å². The maximum absolute atomic E-state index is 5.43. The molecular weight excluding hydrogens is 264 g/mol. The predicted octanol–water partition coefficient (Wildman–Crippen LogP) is 4.50. The third kappa shape index (κ3) is 4.48. The number of nitrogens with one attached hydrogen (secondary N) is 2. The lowest BCUT2D eigenvalue weighted by Gasteiger charge is -2.30. The van der Waals surface area contributed by atoms with Crippen molar-refractivity contribution in [1.82, 2.24) is 5.32 Å². The molecule has 1 aliphatic rings. The molecule has 0 heterocycles. The molecule has 0 amide bonds. The first kappa shape index (κ1) is 15.3. The van der Waals surface area contributed by atoms with Gasteiger partial charge in [-0.15, -0.1) is 0 Å². The van der Waals surface area contributed by atoms with E-state index in [1.807, 2.05) is 0 Å². The number of thiocarbonyl (C=S) groups is 1. The Hall–Kier alpha value is -1.09. The summed E-state index contributed by atoms with van der Waals surface area (Å²) in [6.45, 7) is 4.52. The lowest BCUT2D eigenvalue weighted by Crippen LogP contribution is -2.43. The van der Waals surface area contributed by atoms with Crippen LogP contribution in [0.1, 0.15) is 51.5 Å². The van der Waals surface area contributed by atoms with E-state index in [1.54, 1.807) is 0 Å². The molecule has 0 spiro atoms. The second kappa shape index (κ2) is 7.63. The molecule has 0 aromatic heterocycles. The number of rotatable bonds is 4. The Labute approximate surface area is 128 Å². The predicted molar refractivity (Wildman–Crippen MR) is 91.2 cm³/mol. The normalized spacial score (nSPS) is 22.3. The maximum Gasteiger partial charge on any atom is 0.171 e. The fourth-order valence-electron chi connectivity index (χ4n) is 2.91.